The monoisotopic (exact) mass is 283 g/mol. The summed E-state index contributed by atoms with van der Waals surface area (Å²) in [5.74, 6) is -2.70. The molecule has 1 fully saturated rings. The molecular weight excluding hydrogens is 264 g/mol. The Morgan fingerprint density at radius 1 is 1.40 bits per heavy atom. The smallest absolute Gasteiger partial charge is 0.252 e. The highest BCUT2D eigenvalue weighted by molar-refractivity contribution is 5.93. The van der Waals surface area contributed by atoms with Crippen molar-refractivity contribution in [2.45, 2.75) is 25.7 Å². The van der Waals surface area contributed by atoms with Crippen LogP contribution in [-0.2, 0) is 0 Å². The van der Waals surface area contributed by atoms with Crippen molar-refractivity contribution in [2.75, 3.05) is 26.2 Å². The van der Waals surface area contributed by atoms with Gasteiger partial charge in [-0.3, -0.25) is 9.78 Å². The maximum atomic E-state index is 13.0. The van der Waals surface area contributed by atoms with E-state index in [4.69, 9.17) is 0 Å². The van der Waals surface area contributed by atoms with Crippen molar-refractivity contribution in [3.63, 3.8) is 0 Å². The number of aryl methyl sites for hydroxylation is 1. The number of piperidine rings is 1. The lowest BCUT2D eigenvalue weighted by molar-refractivity contribution is -0.0547. The normalized spacial score (nSPS) is 18.8. The lowest BCUT2D eigenvalue weighted by atomic mass is 10.1. The SMILES string of the molecule is Cc1ccc(C(=O)NCCN2CCC(F)(F)CC2)cn1. The first-order valence-corrected chi connectivity index (χ1v) is 6.77. The van der Waals surface area contributed by atoms with Crippen LogP contribution in [0.25, 0.3) is 0 Å². The summed E-state index contributed by atoms with van der Waals surface area (Å²) < 4.78 is 26.0. The number of amides is 1. The van der Waals surface area contributed by atoms with Gasteiger partial charge in [-0.2, -0.15) is 0 Å². The molecule has 1 aliphatic heterocycles. The summed E-state index contributed by atoms with van der Waals surface area (Å²) in [6.07, 6.45) is 1.35. The molecule has 4 nitrogen and oxygen atoms in total. The largest absolute Gasteiger partial charge is 0.351 e. The Bertz CT molecular complexity index is 452. The Morgan fingerprint density at radius 3 is 2.70 bits per heavy atom. The number of carbonyl (C=O) groups is 1. The molecule has 1 aromatic heterocycles. The predicted octanol–water partition coefficient (Wildman–Crippen LogP) is 1.85. The van der Waals surface area contributed by atoms with Gasteiger partial charge in [0, 0.05) is 50.9 Å². The Labute approximate surface area is 117 Å². The summed E-state index contributed by atoms with van der Waals surface area (Å²) in [7, 11) is 0. The number of pyridine rings is 1. The zero-order chi connectivity index (χ0) is 14.6. The minimum atomic E-state index is -2.52. The van der Waals surface area contributed by atoms with Crippen molar-refractivity contribution < 1.29 is 13.6 Å². The van der Waals surface area contributed by atoms with Crippen LogP contribution in [0.15, 0.2) is 18.3 Å². The molecule has 0 saturated carbocycles. The number of aromatic nitrogens is 1. The van der Waals surface area contributed by atoms with Crippen molar-refractivity contribution in [3.8, 4) is 0 Å². The number of nitrogens with zero attached hydrogens (tertiary/aromatic N) is 2. The summed E-state index contributed by atoms with van der Waals surface area (Å²) in [5.41, 5.74) is 1.37. The molecular formula is C14H19F2N3O. The van der Waals surface area contributed by atoms with Gasteiger partial charge in [-0.1, -0.05) is 0 Å². The Hall–Kier alpha value is -1.56. The van der Waals surface area contributed by atoms with Crippen molar-refractivity contribution in [1.29, 1.82) is 0 Å². The van der Waals surface area contributed by atoms with Crippen molar-refractivity contribution in [3.05, 3.63) is 29.6 Å². The fourth-order valence-electron chi connectivity index (χ4n) is 2.14. The standard InChI is InChI=1S/C14H19F2N3O/c1-11-2-3-12(10-18-11)13(20)17-6-9-19-7-4-14(15,16)5-8-19/h2-3,10H,4-9H2,1H3,(H,17,20). The minimum Gasteiger partial charge on any atom is -0.351 e. The van der Waals surface area contributed by atoms with E-state index in [9.17, 15) is 13.6 Å². The maximum absolute atomic E-state index is 13.0. The molecule has 1 saturated heterocycles. The number of likely N-dealkylation sites (tertiary alicyclic amines) is 1. The summed E-state index contributed by atoms with van der Waals surface area (Å²) >= 11 is 0. The van der Waals surface area contributed by atoms with Gasteiger partial charge in [0.25, 0.3) is 11.8 Å². The maximum Gasteiger partial charge on any atom is 0.252 e. The van der Waals surface area contributed by atoms with Crippen LogP contribution in [0.3, 0.4) is 0 Å². The molecule has 2 rings (SSSR count). The van der Waals surface area contributed by atoms with Crippen molar-refractivity contribution >= 4 is 5.91 Å². The molecule has 0 unspecified atom stereocenters. The number of hydrogen-bond acceptors (Lipinski definition) is 3. The van der Waals surface area contributed by atoms with Gasteiger partial charge in [0.05, 0.1) is 5.56 Å². The highest BCUT2D eigenvalue weighted by Crippen LogP contribution is 2.27. The molecule has 1 amide bonds. The quantitative estimate of drug-likeness (QED) is 0.917. The second-order valence-electron chi connectivity index (χ2n) is 5.14. The first kappa shape index (κ1) is 14.8. The second-order valence-corrected chi connectivity index (χ2v) is 5.14. The van der Waals surface area contributed by atoms with E-state index in [0.29, 0.717) is 31.7 Å². The van der Waals surface area contributed by atoms with Crippen molar-refractivity contribution in [2.24, 2.45) is 0 Å². The fourth-order valence-corrected chi connectivity index (χ4v) is 2.14. The molecule has 20 heavy (non-hydrogen) atoms. The predicted molar refractivity (Wildman–Crippen MR) is 71.9 cm³/mol. The van der Waals surface area contributed by atoms with Gasteiger partial charge < -0.3 is 10.2 Å². The Kier molecular flexibility index (Phi) is 4.65. The van der Waals surface area contributed by atoms with E-state index in [1.54, 1.807) is 12.1 Å². The molecule has 0 aromatic carbocycles. The Balaban J connectivity index is 1.71. The van der Waals surface area contributed by atoms with Crippen LogP contribution in [0, 0.1) is 6.92 Å². The van der Waals surface area contributed by atoms with Crippen molar-refractivity contribution in [1.82, 2.24) is 15.2 Å². The number of nitrogens with one attached hydrogen (secondary N) is 1. The number of rotatable bonds is 4. The molecule has 0 aliphatic carbocycles. The van der Waals surface area contributed by atoms with E-state index in [1.165, 1.54) is 6.20 Å². The first-order chi connectivity index (χ1) is 9.46. The van der Waals surface area contributed by atoms with E-state index < -0.39 is 5.92 Å². The number of hydrogen-bond donors (Lipinski definition) is 1. The molecule has 0 bridgehead atoms. The number of carbonyl (C=O) groups excluding carboxylic acids is 1. The van der Waals surface area contributed by atoms with Gasteiger partial charge in [0.2, 0.25) is 0 Å². The van der Waals surface area contributed by atoms with Crippen LogP contribution in [0.4, 0.5) is 8.78 Å². The summed E-state index contributed by atoms with van der Waals surface area (Å²) in [4.78, 5) is 17.8. The zero-order valence-corrected chi connectivity index (χ0v) is 11.5. The van der Waals surface area contributed by atoms with Gasteiger partial charge in [-0.05, 0) is 19.1 Å². The van der Waals surface area contributed by atoms with E-state index in [-0.39, 0.29) is 18.7 Å². The molecule has 0 atom stereocenters. The summed E-state index contributed by atoms with van der Waals surface area (Å²) in [6, 6.07) is 3.50. The van der Waals surface area contributed by atoms with Crippen LogP contribution in [0.2, 0.25) is 0 Å². The first-order valence-electron chi connectivity index (χ1n) is 6.77. The molecule has 1 N–H and O–H groups in total. The molecule has 2 heterocycles. The average molecular weight is 283 g/mol. The molecule has 0 radical (unpaired) electrons. The molecule has 110 valence electrons. The third kappa shape index (κ3) is 4.23. The topological polar surface area (TPSA) is 45.2 Å². The Morgan fingerprint density at radius 2 is 2.10 bits per heavy atom. The lowest BCUT2D eigenvalue weighted by Crippen LogP contribution is -2.43. The van der Waals surface area contributed by atoms with Crippen LogP contribution in [0.1, 0.15) is 28.9 Å². The van der Waals surface area contributed by atoms with Gasteiger partial charge in [-0.25, -0.2) is 8.78 Å². The molecule has 6 heteroatoms. The van der Waals surface area contributed by atoms with E-state index in [1.807, 2.05) is 11.8 Å². The molecule has 1 aliphatic rings. The summed E-state index contributed by atoms with van der Waals surface area (Å²) in [6.45, 7) is 3.68. The van der Waals surface area contributed by atoms with Gasteiger partial charge in [-0.15, -0.1) is 0 Å². The van der Waals surface area contributed by atoms with Crippen LogP contribution >= 0.6 is 0 Å². The van der Waals surface area contributed by atoms with E-state index >= 15 is 0 Å². The third-order valence-electron chi connectivity index (χ3n) is 3.47. The molecule has 1 aromatic rings. The second kappa shape index (κ2) is 6.26. The van der Waals surface area contributed by atoms with Crippen LogP contribution in [0.5, 0.6) is 0 Å². The summed E-state index contributed by atoms with van der Waals surface area (Å²) in [5, 5.41) is 2.78. The van der Waals surface area contributed by atoms with Gasteiger partial charge in [0.1, 0.15) is 0 Å². The zero-order valence-electron chi connectivity index (χ0n) is 11.5. The third-order valence-corrected chi connectivity index (χ3v) is 3.47. The van der Waals surface area contributed by atoms with Gasteiger partial charge in [0.15, 0.2) is 0 Å². The van der Waals surface area contributed by atoms with E-state index in [2.05, 4.69) is 10.3 Å². The minimum absolute atomic E-state index is 0.0944. The highest BCUT2D eigenvalue weighted by Gasteiger charge is 2.33. The van der Waals surface area contributed by atoms with E-state index in [0.717, 1.165) is 5.69 Å². The van der Waals surface area contributed by atoms with Crippen LogP contribution in [-0.4, -0.2) is 47.9 Å². The number of alkyl halides is 2. The molecule has 0 spiro atoms. The highest BCUT2D eigenvalue weighted by atomic mass is 19.3. The van der Waals surface area contributed by atoms with Crippen LogP contribution < -0.4 is 5.32 Å². The average Bonchev–Trinajstić information content (AvgIpc) is 2.41. The fraction of sp³-hybridized carbons (Fsp3) is 0.571. The lowest BCUT2D eigenvalue weighted by Gasteiger charge is -2.31. The number of halogens is 2. The van der Waals surface area contributed by atoms with Gasteiger partial charge >= 0.3 is 0 Å².